The molecule has 0 aliphatic rings. The summed E-state index contributed by atoms with van der Waals surface area (Å²) in [6.07, 6.45) is 0. The number of nitrogens with one attached hydrogen (secondary N) is 1. The Morgan fingerprint density at radius 3 is 2.50 bits per heavy atom. The van der Waals surface area contributed by atoms with Crippen molar-refractivity contribution < 1.29 is 4.92 Å². The monoisotopic (exact) mass is 251 g/mol. The predicted molar refractivity (Wildman–Crippen MR) is 74.1 cm³/mol. The van der Waals surface area contributed by atoms with E-state index in [0.29, 0.717) is 5.56 Å². The van der Waals surface area contributed by atoms with Gasteiger partial charge in [-0.15, -0.1) is 0 Å². The lowest BCUT2D eigenvalue weighted by atomic mass is 10.2. The number of benzene rings is 1. The maximum absolute atomic E-state index is 10.7. The molecule has 5 nitrogen and oxygen atoms in total. The van der Waals surface area contributed by atoms with Crippen LogP contribution in [-0.4, -0.2) is 36.0 Å². The number of nitrogens with zero attached hydrogens (tertiary/aromatic N) is 2. The Bertz CT molecular complexity index is 403. The Morgan fingerprint density at radius 1 is 1.33 bits per heavy atom. The zero-order valence-corrected chi connectivity index (χ0v) is 11.3. The van der Waals surface area contributed by atoms with Crippen LogP contribution in [0.3, 0.4) is 0 Å². The maximum Gasteiger partial charge on any atom is 0.272 e. The van der Waals surface area contributed by atoms with Crippen LogP contribution in [0.4, 0.5) is 11.4 Å². The molecule has 1 aromatic carbocycles. The van der Waals surface area contributed by atoms with Crippen molar-refractivity contribution in [2.24, 2.45) is 0 Å². The first kappa shape index (κ1) is 14.4. The Balaban J connectivity index is 2.53. The summed E-state index contributed by atoms with van der Waals surface area (Å²) < 4.78 is 0. The number of hydrogen-bond acceptors (Lipinski definition) is 4. The van der Waals surface area contributed by atoms with Gasteiger partial charge in [0.15, 0.2) is 0 Å². The summed E-state index contributed by atoms with van der Waals surface area (Å²) in [4.78, 5) is 12.7. The van der Waals surface area contributed by atoms with Crippen LogP contribution in [0.15, 0.2) is 18.2 Å². The SMILES string of the molecule is CCN(CC)CCNc1ccc([N+](=O)[O-])c(C)c1. The molecule has 0 unspecified atom stereocenters. The molecule has 0 fully saturated rings. The van der Waals surface area contributed by atoms with E-state index < -0.39 is 0 Å². The van der Waals surface area contributed by atoms with Gasteiger partial charge < -0.3 is 10.2 Å². The largest absolute Gasteiger partial charge is 0.384 e. The topological polar surface area (TPSA) is 58.4 Å². The van der Waals surface area contributed by atoms with E-state index in [2.05, 4.69) is 24.1 Å². The number of likely N-dealkylation sites (N-methyl/N-ethyl adjacent to an activating group) is 1. The molecule has 0 aliphatic carbocycles. The molecule has 0 aliphatic heterocycles. The lowest BCUT2D eigenvalue weighted by Crippen LogP contribution is -2.28. The summed E-state index contributed by atoms with van der Waals surface area (Å²) in [5.41, 5.74) is 1.79. The standard InChI is InChI=1S/C13H21N3O2/c1-4-15(5-2)9-8-14-12-6-7-13(16(17)18)11(3)10-12/h6-7,10,14H,4-5,8-9H2,1-3H3. The summed E-state index contributed by atoms with van der Waals surface area (Å²) in [5.74, 6) is 0. The van der Waals surface area contributed by atoms with Crippen molar-refractivity contribution in [2.75, 3.05) is 31.5 Å². The van der Waals surface area contributed by atoms with E-state index >= 15 is 0 Å². The lowest BCUT2D eigenvalue weighted by molar-refractivity contribution is -0.385. The molecule has 1 rings (SSSR count). The molecule has 0 saturated carbocycles. The molecule has 0 atom stereocenters. The molecule has 0 radical (unpaired) electrons. The van der Waals surface area contributed by atoms with Crippen molar-refractivity contribution >= 4 is 11.4 Å². The van der Waals surface area contributed by atoms with Gasteiger partial charge in [0.2, 0.25) is 0 Å². The van der Waals surface area contributed by atoms with Crippen molar-refractivity contribution in [3.8, 4) is 0 Å². The molecule has 1 N–H and O–H groups in total. The van der Waals surface area contributed by atoms with E-state index in [1.54, 1.807) is 19.1 Å². The lowest BCUT2D eigenvalue weighted by Gasteiger charge is -2.18. The second-order valence-electron chi connectivity index (χ2n) is 4.21. The Labute approximate surface area is 108 Å². The minimum absolute atomic E-state index is 0.171. The van der Waals surface area contributed by atoms with Crippen LogP contribution in [0.25, 0.3) is 0 Å². The van der Waals surface area contributed by atoms with E-state index in [1.165, 1.54) is 0 Å². The highest BCUT2D eigenvalue weighted by Gasteiger charge is 2.09. The first-order valence-corrected chi connectivity index (χ1v) is 6.29. The van der Waals surface area contributed by atoms with Gasteiger partial charge in [0.05, 0.1) is 4.92 Å². The van der Waals surface area contributed by atoms with Crippen LogP contribution in [0.1, 0.15) is 19.4 Å². The van der Waals surface area contributed by atoms with E-state index in [0.717, 1.165) is 31.9 Å². The van der Waals surface area contributed by atoms with Gasteiger partial charge >= 0.3 is 0 Å². The first-order chi connectivity index (χ1) is 8.58. The van der Waals surface area contributed by atoms with Gasteiger partial charge in [-0.1, -0.05) is 13.8 Å². The maximum atomic E-state index is 10.7. The molecule has 5 heteroatoms. The molecular weight excluding hydrogens is 230 g/mol. The van der Waals surface area contributed by atoms with Crippen molar-refractivity contribution in [3.05, 3.63) is 33.9 Å². The molecule has 0 bridgehead atoms. The molecule has 1 aromatic rings. The number of nitro benzene ring substituents is 1. The second-order valence-corrected chi connectivity index (χ2v) is 4.21. The zero-order valence-electron chi connectivity index (χ0n) is 11.3. The highest BCUT2D eigenvalue weighted by atomic mass is 16.6. The predicted octanol–water partition coefficient (Wildman–Crippen LogP) is 2.66. The molecule has 0 spiro atoms. The van der Waals surface area contributed by atoms with Crippen LogP contribution in [0, 0.1) is 17.0 Å². The minimum atomic E-state index is -0.352. The van der Waals surface area contributed by atoms with Crippen LogP contribution >= 0.6 is 0 Å². The van der Waals surface area contributed by atoms with Crippen molar-refractivity contribution in [1.82, 2.24) is 4.90 Å². The van der Waals surface area contributed by atoms with Gasteiger partial charge in [0.1, 0.15) is 0 Å². The average molecular weight is 251 g/mol. The molecule has 0 amide bonds. The van der Waals surface area contributed by atoms with Gasteiger partial charge in [-0.3, -0.25) is 10.1 Å². The van der Waals surface area contributed by atoms with Crippen LogP contribution in [-0.2, 0) is 0 Å². The normalized spacial score (nSPS) is 10.7. The molecule has 0 aromatic heterocycles. The number of aryl methyl sites for hydroxylation is 1. The number of anilines is 1. The number of rotatable bonds is 7. The van der Waals surface area contributed by atoms with Crippen molar-refractivity contribution in [1.29, 1.82) is 0 Å². The third kappa shape index (κ3) is 4.00. The van der Waals surface area contributed by atoms with E-state index in [-0.39, 0.29) is 10.6 Å². The Morgan fingerprint density at radius 2 is 2.00 bits per heavy atom. The van der Waals surface area contributed by atoms with E-state index in [4.69, 9.17) is 0 Å². The molecular formula is C13H21N3O2. The van der Waals surface area contributed by atoms with Gasteiger partial charge in [0, 0.05) is 30.4 Å². The van der Waals surface area contributed by atoms with Crippen molar-refractivity contribution in [3.63, 3.8) is 0 Å². The van der Waals surface area contributed by atoms with Crippen LogP contribution < -0.4 is 5.32 Å². The summed E-state index contributed by atoms with van der Waals surface area (Å²) in [6, 6.07) is 5.13. The van der Waals surface area contributed by atoms with Gasteiger partial charge in [0.25, 0.3) is 5.69 Å². The van der Waals surface area contributed by atoms with E-state index in [9.17, 15) is 10.1 Å². The third-order valence-electron chi connectivity index (χ3n) is 3.05. The number of hydrogen-bond donors (Lipinski definition) is 1. The summed E-state index contributed by atoms with van der Waals surface area (Å²) in [6.45, 7) is 9.93. The highest BCUT2D eigenvalue weighted by Crippen LogP contribution is 2.21. The Hall–Kier alpha value is -1.62. The Kier molecular flexibility index (Phi) is 5.58. The van der Waals surface area contributed by atoms with Gasteiger partial charge in [-0.2, -0.15) is 0 Å². The van der Waals surface area contributed by atoms with Gasteiger partial charge in [-0.25, -0.2) is 0 Å². The first-order valence-electron chi connectivity index (χ1n) is 6.29. The molecule has 0 saturated heterocycles. The van der Waals surface area contributed by atoms with Gasteiger partial charge in [-0.05, 0) is 32.1 Å². The molecule has 0 heterocycles. The fourth-order valence-corrected chi connectivity index (χ4v) is 1.87. The fraction of sp³-hybridized carbons (Fsp3) is 0.538. The van der Waals surface area contributed by atoms with E-state index in [1.807, 2.05) is 6.07 Å². The highest BCUT2D eigenvalue weighted by molar-refractivity contribution is 5.53. The second kappa shape index (κ2) is 6.96. The van der Waals surface area contributed by atoms with Crippen LogP contribution in [0.5, 0.6) is 0 Å². The molecule has 18 heavy (non-hydrogen) atoms. The zero-order chi connectivity index (χ0) is 13.5. The average Bonchev–Trinajstić information content (AvgIpc) is 2.34. The fourth-order valence-electron chi connectivity index (χ4n) is 1.87. The van der Waals surface area contributed by atoms with Crippen LogP contribution in [0.2, 0.25) is 0 Å². The van der Waals surface area contributed by atoms with Crippen molar-refractivity contribution in [2.45, 2.75) is 20.8 Å². The minimum Gasteiger partial charge on any atom is -0.384 e. The quantitative estimate of drug-likeness (QED) is 0.598. The third-order valence-corrected chi connectivity index (χ3v) is 3.05. The molecule has 100 valence electrons. The summed E-state index contributed by atoms with van der Waals surface area (Å²) in [5, 5.41) is 14.0. The summed E-state index contributed by atoms with van der Waals surface area (Å²) in [7, 11) is 0. The smallest absolute Gasteiger partial charge is 0.272 e. The number of nitro groups is 1. The summed E-state index contributed by atoms with van der Waals surface area (Å²) >= 11 is 0.